The van der Waals surface area contributed by atoms with Gasteiger partial charge >= 0.3 is 12.1 Å². The number of hydrogen-bond acceptors (Lipinski definition) is 5. The van der Waals surface area contributed by atoms with Crippen molar-refractivity contribution in [2.45, 2.75) is 70.5 Å². The third-order valence-electron chi connectivity index (χ3n) is 5.71. The molecule has 10 heteroatoms. The number of benzene rings is 1. The summed E-state index contributed by atoms with van der Waals surface area (Å²) in [7, 11) is 0. The molecule has 2 aliphatic rings. The van der Waals surface area contributed by atoms with Gasteiger partial charge in [-0.05, 0) is 57.1 Å². The summed E-state index contributed by atoms with van der Waals surface area (Å²) >= 11 is 0. The summed E-state index contributed by atoms with van der Waals surface area (Å²) in [5.74, 6) is -1.42. The normalized spacial score (nSPS) is 19.6. The Morgan fingerprint density at radius 3 is 2.38 bits per heavy atom. The Labute approximate surface area is 186 Å². The van der Waals surface area contributed by atoms with Gasteiger partial charge in [0.05, 0.1) is 17.5 Å². The van der Waals surface area contributed by atoms with Gasteiger partial charge in [-0.2, -0.15) is 0 Å². The summed E-state index contributed by atoms with van der Waals surface area (Å²) in [5.41, 5.74) is 5.89. The second-order valence-electron chi connectivity index (χ2n) is 8.50. The number of carbonyl (C=O) groups is 2. The lowest BCUT2D eigenvalue weighted by Gasteiger charge is -2.31. The number of nitrogens with two attached hydrogens (primary N) is 1. The number of primary amides is 1. The number of urea groups is 1. The molecular formula is C22H30F2N4O4. The highest BCUT2D eigenvalue weighted by Crippen LogP contribution is 2.35. The number of ether oxygens (including phenoxy) is 1. The van der Waals surface area contributed by atoms with Gasteiger partial charge in [-0.15, -0.1) is 0 Å². The maximum Gasteiger partial charge on any atom is 0.410 e. The fourth-order valence-corrected chi connectivity index (χ4v) is 4.03. The van der Waals surface area contributed by atoms with Crippen LogP contribution in [0.1, 0.15) is 63.9 Å². The molecule has 3 amide bonds. The van der Waals surface area contributed by atoms with Crippen molar-refractivity contribution in [2.24, 2.45) is 10.9 Å². The van der Waals surface area contributed by atoms with Gasteiger partial charge in [-0.3, -0.25) is 0 Å². The molecular weight excluding hydrogens is 422 g/mol. The van der Waals surface area contributed by atoms with Crippen LogP contribution < -0.4 is 11.1 Å². The zero-order valence-electron chi connectivity index (χ0n) is 18.4. The molecule has 0 unspecified atom stereocenters. The Morgan fingerprint density at radius 1 is 1.12 bits per heavy atom. The summed E-state index contributed by atoms with van der Waals surface area (Å²) in [6, 6.07) is 1.14. The van der Waals surface area contributed by atoms with Gasteiger partial charge in [0, 0.05) is 32.0 Å². The van der Waals surface area contributed by atoms with Crippen LogP contribution in [0.25, 0.3) is 0 Å². The molecule has 1 heterocycles. The molecule has 0 spiro atoms. The Morgan fingerprint density at radius 2 is 1.78 bits per heavy atom. The minimum absolute atomic E-state index is 0.0554. The first-order valence-electron chi connectivity index (χ1n) is 11.0. The van der Waals surface area contributed by atoms with Crippen molar-refractivity contribution in [3.05, 3.63) is 29.3 Å². The van der Waals surface area contributed by atoms with Gasteiger partial charge in [0.2, 0.25) is 0 Å². The van der Waals surface area contributed by atoms with Crippen molar-refractivity contribution >= 4 is 23.5 Å². The molecule has 0 bridgehead atoms. The molecule has 32 heavy (non-hydrogen) atoms. The van der Waals surface area contributed by atoms with Crippen LogP contribution in [-0.2, 0) is 9.57 Å². The highest BCUT2D eigenvalue weighted by Gasteiger charge is 2.27. The molecule has 0 aromatic heterocycles. The standard InChI is InChI=1S/C22H30F2N4O4/c1-13(2)31-22(30)28-9-7-16(8-10-28)32-27-15-5-3-14(4-6-15)17-11-19(24)20(12-18(17)23)26-21(25)29/h11-14,16H,3-10H2,1-2H3,(H3,25,26,29). The second-order valence-corrected chi connectivity index (χ2v) is 8.50. The van der Waals surface area contributed by atoms with Gasteiger partial charge in [-0.1, -0.05) is 5.16 Å². The van der Waals surface area contributed by atoms with Gasteiger partial charge in [0.15, 0.2) is 0 Å². The lowest BCUT2D eigenvalue weighted by molar-refractivity contribution is 0.00403. The van der Waals surface area contributed by atoms with E-state index in [1.165, 1.54) is 0 Å². The Hall–Kier alpha value is -2.91. The predicted molar refractivity (Wildman–Crippen MR) is 116 cm³/mol. The van der Waals surface area contributed by atoms with E-state index >= 15 is 0 Å². The Bertz CT molecular complexity index is 860. The molecule has 1 aromatic rings. The smallest absolute Gasteiger partial charge is 0.410 e. The van der Waals surface area contributed by atoms with E-state index in [2.05, 4.69) is 10.5 Å². The fourth-order valence-electron chi connectivity index (χ4n) is 4.03. The third kappa shape index (κ3) is 6.30. The monoisotopic (exact) mass is 452 g/mol. The molecule has 1 aliphatic carbocycles. The highest BCUT2D eigenvalue weighted by atomic mass is 19.1. The number of oxime groups is 1. The molecule has 0 radical (unpaired) electrons. The van der Waals surface area contributed by atoms with E-state index in [-0.39, 0.29) is 35.5 Å². The van der Waals surface area contributed by atoms with Crippen LogP contribution in [-0.4, -0.2) is 48.0 Å². The second kappa shape index (κ2) is 10.6. The molecule has 1 saturated heterocycles. The van der Waals surface area contributed by atoms with E-state index in [0.29, 0.717) is 51.6 Å². The number of anilines is 1. The van der Waals surface area contributed by atoms with E-state index in [0.717, 1.165) is 17.8 Å². The fraction of sp³-hybridized carbons (Fsp3) is 0.591. The van der Waals surface area contributed by atoms with Crippen molar-refractivity contribution in [3.8, 4) is 0 Å². The maximum absolute atomic E-state index is 14.5. The number of piperidine rings is 1. The van der Waals surface area contributed by atoms with Crippen molar-refractivity contribution in [1.82, 2.24) is 4.90 Å². The summed E-state index contributed by atoms with van der Waals surface area (Å²) < 4.78 is 33.8. The van der Waals surface area contributed by atoms with Crippen LogP contribution in [0, 0.1) is 11.6 Å². The minimum atomic E-state index is -0.948. The van der Waals surface area contributed by atoms with E-state index in [1.807, 2.05) is 13.8 Å². The minimum Gasteiger partial charge on any atom is -0.447 e. The van der Waals surface area contributed by atoms with Gasteiger partial charge in [0.1, 0.15) is 17.7 Å². The average Bonchev–Trinajstić information content (AvgIpc) is 2.74. The molecule has 0 atom stereocenters. The van der Waals surface area contributed by atoms with Gasteiger partial charge < -0.3 is 25.5 Å². The number of rotatable bonds is 5. The van der Waals surface area contributed by atoms with Crippen molar-refractivity contribution in [2.75, 3.05) is 18.4 Å². The van der Waals surface area contributed by atoms with E-state index in [4.69, 9.17) is 15.3 Å². The maximum atomic E-state index is 14.5. The average molecular weight is 453 g/mol. The number of carbonyl (C=O) groups excluding carboxylic acids is 2. The first kappa shape index (κ1) is 23.7. The lowest BCUT2D eigenvalue weighted by Crippen LogP contribution is -2.41. The first-order valence-corrected chi connectivity index (χ1v) is 11.0. The van der Waals surface area contributed by atoms with Crippen LogP contribution in [0.15, 0.2) is 17.3 Å². The summed E-state index contributed by atoms with van der Waals surface area (Å²) in [6.07, 6.45) is 3.38. The van der Waals surface area contributed by atoms with Crippen LogP contribution in [0.3, 0.4) is 0 Å². The van der Waals surface area contributed by atoms with Crippen molar-refractivity contribution in [1.29, 1.82) is 0 Å². The Balaban J connectivity index is 1.48. The molecule has 2 fully saturated rings. The largest absolute Gasteiger partial charge is 0.447 e. The number of halogens is 2. The van der Waals surface area contributed by atoms with E-state index in [9.17, 15) is 18.4 Å². The van der Waals surface area contributed by atoms with Gasteiger partial charge in [0.25, 0.3) is 0 Å². The number of nitrogens with one attached hydrogen (secondary N) is 1. The van der Waals surface area contributed by atoms with Crippen molar-refractivity contribution in [3.63, 3.8) is 0 Å². The molecule has 1 saturated carbocycles. The van der Waals surface area contributed by atoms with E-state index in [1.54, 1.807) is 4.90 Å². The topological polar surface area (TPSA) is 106 Å². The number of nitrogens with zero attached hydrogens (tertiary/aromatic N) is 2. The molecule has 1 aromatic carbocycles. The lowest BCUT2D eigenvalue weighted by atomic mass is 9.83. The quantitative estimate of drug-likeness (QED) is 0.642. The molecule has 3 rings (SSSR count). The van der Waals surface area contributed by atoms with E-state index < -0.39 is 17.7 Å². The zero-order chi connectivity index (χ0) is 23.3. The summed E-state index contributed by atoms with van der Waals surface area (Å²) in [4.78, 5) is 30.2. The van der Waals surface area contributed by atoms with Crippen LogP contribution in [0.4, 0.5) is 24.1 Å². The molecule has 8 nitrogen and oxygen atoms in total. The SMILES string of the molecule is CC(C)OC(=O)N1CCC(ON=C2CCC(c3cc(F)c(NC(N)=O)cc3F)CC2)CC1. The van der Waals surface area contributed by atoms with Crippen molar-refractivity contribution < 1.29 is 27.9 Å². The summed E-state index contributed by atoms with van der Waals surface area (Å²) in [6.45, 7) is 4.77. The first-order chi connectivity index (χ1) is 15.2. The van der Waals surface area contributed by atoms with Crippen LogP contribution in [0.2, 0.25) is 0 Å². The highest BCUT2D eigenvalue weighted by molar-refractivity contribution is 5.88. The summed E-state index contributed by atoms with van der Waals surface area (Å²) in [5, 5.41) is 6.37. The number of likely N-dealkylation sites (tertiary alicyclic amines) is 1. The van der Waals surface area contributed by atoms with Crippen LogP contribution in [0.5, 0.6) is 0 Å². The molecule has 1 aliphatic heterocycles. The third-order valence-corrected chi connectivity index (χ3v) is 5.71. The number of amides is 3. The van der Waals surface area contributed by atoms with Crippen LogP contribution >= 0.6 is 0 Å². The number of hydrogen-bond donors (Lipinski definition) is 2. The molecule has 3 N–H and O–H groups in total. The zero-order valence-corrected chi connectivity index (χ0v) is 18.4. The predicted octanol–water partition coefficient (Wildman–Crippen LogP) is 4.50. The van der Waals surface area contributed by atoms with Gasteiger partial charge in [-0.25, -0.2) is 18.4 Å². The molecule has 176 valence electrons. The Kier molecular flexibility index (Phi) is 7.87.